The zero-order chi connectivity index (χ0) is 13.9. The number of rotatable bonds is 4. The first-order valence-corrected chi connectivity index (χ1v) is 7.23. The lowest BCUT2D eigenvalue weighted by molar-refractivity contribution is -0.135. The minimum Gasteiger partial charge on any atom is -0.342 e. The van der Waals surface area contributed by atoms with Gasteiger partial charge in [0.1, 0.15) is 0 Å². The van der Waals surface area contributed by atoms with Gasteiger partial charge >= 0.3 is 0 Å². The largest absolute Gasteiger partial charge is 0.342 e. The summed E-state index contributed by atoms with van der Waals surface area (Å²) < 4.78 is 0. The van der Waals surface area contributed by atoms with Crippen LogP contribution in [0.5, 0.6) is 0 Å². The number of likely N-dealkylation sites (tertiary alicyclic amines) is 1. The number of carbonyl (C=O) groups is 1. The molecule has 0 aliphatic carbocycles. The fourth-order valence-corrected chi connectivity index (χ4v) is 2.80. The lowest BCUT2D eigenvalue weighted by Crippen LogP contribution is -2.39. The molecule has 1 saturated heterocycles. The van der Waals surface area contributed by atoms with Crippen LogP contribution < -0.4 is 5.73 Å². The summed E-state index contributed by atoms with van der Waals surface area (Å²) in [5, 5.41) is 0. The van der Waals surface area contributed by atoms with Crippen molar-refractivity contribution in [2.45, 2.75) is 47.5 Å². The SMILES string of the molecule is CC(C)C1CCN(C(=O)C(CN)CC(C)(C)C)C1. The second kappa shape index (κ2) is 6.05. The molecule has 1 amide bonds. The molecule has 0 bridgehead atoms. The molecule has 0 radical (unpaired) electrons. The predicted octanol–water partition coefficient (Wildman–Crippen LogP) is 2.50. The van der Waals surface area contributed by atoms with Crippen molar-refractivity contribution < 1.29 is 4.79 Å². The van der Waals surface area contributed by atoms with Gasteiger partial charge in [0.15, 0.2) is 0 Å². The molecule has 2 atom stereocenters. The highest BCUT2D eigenvalue weighted by atomic mass is 16.2. The van der Waals surface area contributed by atoms with Crippen LogP contribution in [-0.2, 0) is 4.79 Å². The second-order valence-electron chi connectivity index (χ2n) is 7.27. The van der Waals surface area contributed by atoms with Crippen LogP contribution >= 0.6 is 0 Å². The molecule has 18 heavy (non-hydrogen) atoms. The molecule has 0 aromatic heterocycles. The van der Waals surface area contributed by atoms with E-state index in [-0.39, 0.29) is 17.2 Å². The summed E-state index contributed by atoms with van der Waals surface area (Å²) in [4.78, 5) is 14.5. The lowest BCUT2D eigenvalue weighted by atomic mass is 9.84. The highest BCUT2D eigenvalue weighted by molar-refractivity contribution is 5.79. The molecule has 106 valence electrons. The van der Waals surface area contributed by atoms with Crippen molar-refractivity contribution in [3.05, 3.63) is 0 Å². The highest BCUT2D eigenvalue weighted by Gasteiger charge is 2.33. The standard InChI is InChI=1S/C15H30N2O/c1-11(2)12-6-7-17(10-12)14(18)13(9-16)8-15(3,4)5/h11-13H,6-10,16H2,1-5H3. The third-order valence-corrected chi connectivity index (χ3v) is 3.97. The van der Waals surface area contributed by atoms with Crippen LogP contribution in [0.2, 0.25) is 0 Å². The second-order valence-corrected chi connectivity index (χ2v) is 7.27. The quantitative estimate of drug-likeness (QED) is 0.838. The van der Waals surface area contributed by atoms with Crippen LogP contribution in [0.25, 0.3) is 0 Å². The first-order valence-electron chi connectivity index (χ1n) is 7.23. The van der Waals surface area contributed by atoms with Crippen molar-refractivity contribution >= 4 is 5.91 Å². The molecular formula is C15H30N2O. The van der Waals surface area contributed by atoms with E-state index in [2.05, 4.69) is 34.6 Å². The van der Waals surface area contributed by atoms with Gasteiger partial charge in [-0.05, 0) is 30.1 Å². The fraction of sp³-hybridized carbons (Fsp3) is 0.933. The lowest BCUT2D eigenvalue weighted by Gasteiger charge is -2.28. The van der Waals surface area contributed by atoms with Gasteiger partial charge in [-0.1, -0.05) is 34.6 Å². The molecule has 0 spiro atoms. The van der Waals surface area contributed by atoms with Crippen molar-refractivity contribution in [1.29, 1.82) is 0 Å². The molecule has 3 heteroatoms. The molecule has 3 nitrogen and oxygen atoms in total. The Hall–Kier alpha value is -0.570. The van der Waals surface area contributed by atoms with Crippen molar-refractivity contribution in [2.24, 2.45) is 28.9 Å². The summed E-state index contributed by atoms with van der Waals surface area (Å²) in [7, 11) is 0. The molecule has 0 saturated carbocycles. The van der Waals surface area contributed by atoms with Crippen LogP contribution in [-0.4, -0.2) is 30.4 Å². The third kappa shape index (κ3) is 4.27. The van der Waals surface area contributed by atoms with Gasteiger partial charge in [0.25, 0.3) is 0 Å². The van der Waals surface area contributed by atoms with Crippen molar-refractivity contribution in [3.8, 4) is 0 Å². The topological polar surface area (TPSA) is 46.3 Å². The Morgan fingerprint density at radius 2 is 2.00 bits per heavy atom. The van der Waals surface area contributed by atoms with Crippen LogP contribution in [0, 0.1) is 23.2 Å². The number of nitrogens with zero attached hydrogens (tertiary/aromatic N) is 1. The molecule has 1 aliphatic heterocycles. The Morgan fingerprint density at radius 3 is 2.39 bits per heavy atom. The van der Waals surface area contributed by atoms with E-state index < -0.39 is 0 Å². The average molecular weight is 254 g/mol. The zero-order valence-corrected chi connectivity index (χ0v) is 12.7. The maximum absolute atomic E-state index is 12.5. The molecule has 0 aromatic carbocycles. The van der Waals surface area contributed by atoms with Gasteiger partial charge in [0.2, 0.25) is 5.91 Å². The van der Waals surface area contributed by atoms with E-state index in [1.54, 1.807) is 0 Å². The monoisotopic (exact) mass is 254 g/mol. The van der Waals surface area contributed by atoms with Gasteiger partial charge in [0, 0.05) is 19.6 Å². The highest BCUT2D eigenvalue weighted by Crippen LogP contribution is 2.28. The summed E-state index contributed by atoms with van der Waals surface area (Å²) >= 11 is 0. The van der Waals surface area contributed by atoms with Gasteiger partial charge in [-0.25, -0.2) is 0 Å². The van der Waals surface area contributed by atoms with Crippen molar-refractivity contribution in [1.82, 2.24) is 4.90 Å². The zero-order valence-electron chi connectivity index (χ0n) is 12.7. The molecular weight excluding hydrogens is 224 g/mol. The first-order chi connectivity index (χ1) is 8.24. The molecule has 2 unspecified atom stereocenters. The van der Waals surface area contributed by atoms with Crippen molar-refractivity contribution in [2.75, 3.05) is 19.6 Å². The summed E-state index contributed by atoms with van der Waals surface area (Å²) in [6, 6.07) is 0. The van der Waals surface area contributed by atoms with E-state index in [1.165, 1.54) is 0 Å². The van der Waals surface area contributed by atoms with E-state index in [0.29, 0.717) is 18.4 Å². The molecule has 1 fully saturated rings. The van der Waals surface area contributed by atoms with Crippen LogP contribution in [0.1, 0.15) is 47.5 Å². The molecule has 2 N–H and O–H groups in total. The number of hydrogen-bond donors (Lipinski definition) is 1. The van der Waals surface area contributed by atoms with E-state index in [0.717, 1.165) is 25.9 Å². The van der Waals surface area contributed by atoms with Gasteiger partial charge in [-0.3, -0.25) is 4.79 Å². The third-order valence-electron chi connectivity index (χ3n) is 3.97. The maximum atomic E-state index is 12.5. The molecule has 1 aliphatic rings. The minimum absolute atomic E-state index is 0.00378. The summed E-state index contributed by atoms with van der Waals surface area (Å²) in [6.45, 7) is 13.3. The number of carbonyl (C=O) groups excluding carboxylic acids is 1. The fourth-order valence-electron chi connectivity index (χ4n) is 2.80. The van der Waals surface area contributed by atoms with Gasteiger partial charge < -0.3 is 10.6 Å². The molecule has 0 aromatic rings. The molecule has 1 heterocycles. The van der Waals surface area contributed by atoms with Gasteiger partial charge in [-0.15, -0.1) is 0 Å². The van der Waals surface area contributed by atoms with E-state index in [4.69, 9.17) is 5.73 Å². The normalized spacial score (nSPS) is 22.6. The predicted molar refractivity (Wildman–Crippen MR) is 76.1 cm³/mol. The van der Waals surface area contributed by atoms with E-state index in [9.17, 15) is 4.79 Å². The van der Waals surface area contributed by atoms with E-state index in [1.807, 2.05) is 4.90 Å². The number of amides is 1. The minimum atomic E-state index is -0.00378. The van der Waals surface area contributed by atoms with Gasteiger partial charge in [-0.2, -0.15) is 0 Å². The Kier molecular flexibility index (Phi) is 5.20. The number of nitrogens with two attached hydrogens (primary N) is 1. The first kappa shape index (κ1) is 15.5. The average Bonchev–Trinajstić information content (AvgIpc) is 2.72. The smallest absolute Gasteiger partial charge is 0.226 e. The van der Waals surface area contributed by atoms with Crippen LogP contribution in [0.3, 0.4) is 0 Å². The Bertz CT molecular complexity index is 281. The maximum Gasteiger partial charge on any atom is 0.226 e. The Labute approximate surface area is 112 Å². The Morgan fingerprint density at radius 1 is 1.39 bits per heavy atom. The van der Waals surface area contributed by atoms with E-state index >= 15 is 0 Å². The number of hydrogen-bond acceptors (Lipinski definition) is 2. The Balaban J connectivity index is 2.58. The van der Waals surface area contributed by atoms with Crippen LogP contribution in [0.15, 0.2) is 0 Å². The van der Waals surface area contributed by atoms with Crippen molar-refractivity contribution in [3.63, 3.8) is 0 Å². The van der Waals surface area contributed by atoms with Gasteiger partial charge in [0.05, 0.1) is 5.92 Å². The van der Waals surface area contributed by atoms with Crippen LogP contribution in [0.4, 0.5) is 0 Å². The summed E-state index contributed by atoms with van der Waals surface area (Å²) in [6.07, 6.45) is 2.03. The summed E-state index contributed by atoms with van der Waals surface area (Å²) in [5.41, 5.74) is 5.96. The summed E-state index contributed by atoms with van der Waals surface area (Å²) in [5.74, 6) is 1.61. The molecule has 1 rings (SSSR count).